The summed E-state index contributed by atoms with van der Waals surface area (Å²) in [6.07, 6.45) is 1.82. The van der Waals surface area contributed by atoms with Crippen LogP contribution in [0.4, 0.5) is 4.79 Å². The molecule has 0 bridgehead atoms. The number of aryl methyl sites for hydroxylation is 1. The van der Waals surface area contributed by atoms with Crippen LogP contribution in [0.3, 0.4) is 0 Å². The van der Waals surface area contributed by atoms with Crippen LogP contribution in [0.15, 0.2) is 6.20 Å². The van der Waals surface area contributed by atoms with Crippen LogP contribution in [0.1, 0.15) is 32.3 Å². The molecule has 0 saturated carbocycles. The van der Waals surface area contributed by atoms with Gasteiger partial charge in [-0.05, 0) is 6.92 Å². The minimum Gasteiger partial charge on any atom is -0.330 e. The second kappa shape index (κ2) is 3.68. The average molecular weight is 209 g/mol. The average Bonchev–Trinajstić information content (AvgIpc) is 2.45. The van der Waals surface area contributed by atoms with Crippen molar-refractivity contribution in [2.45, 2.75) is 33.1 Å². The van der Waals surface area contributed by atoms with Crippen molar-refractivity contribution in [3.63, 3.8) is 0 Å². The van der Waals surface area contributed by atoms with Crippen LogP contribution in [0.2, 0.25) is 0 Å². The van der Waals surface area contributed by atoms with Gasteiger partial charge >= 0.3 is 6.03 Å². The second-order valence-corrected chi connectivity index (χ2v) is 4.97. The van der Waals surface area contributed by atoms with Gasteiger partial charge in [0.15, 0.2) is 0 Å². The Hall–Kier alpha value is -1.32. The number of hydrogen-bond acceptors (Lipinski definition) is 2. The number of hydrogen-bond donors (Lipinski definition) is 0. The van der Waals surface area contributed by atoms with Gasteiger partial charge in [-0.15, -0.1) is 0 Å². The Morgan fingerprint density at radius 1 is 1.40 bits per heavy atom. The van der Waals surface area contributed by atoms with Crippen LogP contribution in [-0.4, -0.2) is 34.6 Å². The van der Waals surface area contributed by atoms with Crippen molar-refractivity contribution in [2.75, 3.05) is 14.1 Å². The minimum absolute atomic E-state index is 0.0252. The van der Waals surface area contributed by atoms with Gasteiger partial charge in [-0.2, -0.15) is 0 Å². The fourth-order valence-corrected chi connectivity index (χ4v) is 1.24. The summed E-state index contributed by atoms with van der Waals surface area (Å²) in [7, 11) is 3.47. The molecule has 0 fully saturated rings. The maximum atomic E-state index is 11.8. The normalized spacial score (nSPS) is 11.6. The Balaban J connectivity index is 3.13. The Bertz CT molecular complexity index is 372. The molecule has 0 aliphatic carbocycles. The topological polar surface area (TPSA) is 38.1 Å². The Morgan fingerprint density at radius 3 is 2.27 bits per heavy atom. The molecule has 0 saturated heterocycles. The lowest BCUT2D eigenvalue weighted by Crippen LogP contribution is -2.27. The second-order valence-electron chi connectivity index (χ2n) is 4.97. The molecule has 0 N–H and O–H groups in total. The number of carbonyl (C=O) groups is 1. The van der Waals surface area contributed by atoms with Crippen molar-refractivity contribution in [3.8, 4) is 0 Å². The number of aromatic nitrogens is 2. The third-order valence-electron chi connectivity index (χ3n) is 2.24. The standard InChI is InChI=1S/C11H19N3O/c1-8-12-9(11(2,3)4)7-14(8)10(15)13(5)6/h7H,1-6H3. The van der Waals surface area contributed by atoms with Crippen LogP contribution in [0, 0.1) is 6.92 Å². The van der Waals surface area contributed by atoms with Gasteiger partial charge < -0.3 is 4.90 Å². The van der Waals surface area contributed by atoms with E-state index in [1.54, 1.807) is 23.6 Å². The molecule has 4 heteroatoms. The van der Waals surface area contributed by atoms with E-state index in [0.717, 1.165) is 11.5 Å². The van der Waals surface area contributed by atoms with Crippen molar-refractivity contribution in [2.24, 2.45) is 0 Å². The summed E-state index contributed by atoms with van der Waals surface area (Å²) in [5.41, 5.74) is 0.915. The molecule has 0 aliphatic heterocycles. The lowest BCUT2D eigenvalue weighted by atomic mass is 9.93. The molecule has 4 nitrogen and oxygen atoms in total. The molecule has 0 aromatic carbocycles. The fraction of sp³-hybridized carbons (Fsp3) is 0.636. The van der Waals surface area contributed by atoms with E-state index < -0.39 is 0 Å². The largest absolute Gasteiger partial charge is 0.330 e. The highest BCUT2D eigenvalue weighted by molar-refractivity contribution is 5.77. The molecule has 1 aromatic rings. The Kier molecular flexibility index (Phi) is 2.88. The first-order chi connectivity index (χ1) is 6.73. The molecule has 0 atom stereocenters. The van der Waals surface area contributed by atoms with Crippen LogP contribution in [-0.2, 0) is 5.41 Å². The molecule has 0 spiro atoms. The molecular formula is C11H19N3O. The monoisotopic (exact) mass is 209 g/mol. The van der Waals surface area contributed by atoms with Crippen LogP contribution in [0.25, 0.3) is 0 Å². The fourth-order valence-electron chi connectivity index (χ4n) is 1.24. The molecule has 1 amide bonds. The van der Waals surface area contributed by atoms with Crippen molar-refractivity contribution in [3.05, 3.63) is 17.7 Å². The summed E-state index contributed by atoms with van der Waals surface area (Å²) < 4.78 is 1.58. The first kappa shape index (κ1) is 11.8. The van der Waals surface area contributed by atoms with Crippen molar-refractivity contribution in [1.82, 2.24) is 14.5 Å². The van der Waals surface area contributed by atoms with Crippen molar-refractivity contribution >= 4 is 6.03 Å². The number of nitrogens with zero attached hydrogens (tertiary/aromatic N) is 3. The van der Waals surface area contributed by atoms with Gasteiger partial charge in [0.1, 0.15) is 5.82 Å². The maximum Gasteiger partial charge on any atom is 0.329 e. The minimum atomic E-state index is -0.0597. The van der Waals surface area contributed by atoms with Gasteiger partial charge in [-0.3, -0.25) is 4.57 Å². The van der Waals surface area contributed by atoms with E-state index >= 15 is 0 Å². The summed E-state index contributed by atoms with van der Waals surface area (Å²) in [5, 5.41) is 0. The van der Waals surface area contributed by atoms with E-state index in [-0.39, 0.29) is 11.4 Å². The van der Waals surface area contributed by atoms with Crippen LogP contribution >= 0.6 is 0 Å². The van der Waals surface area contributed by atoms with Crippen LogP contribution < -0.4 is 0 Å². The lowest BCUT2D eigenvalue weighted by molar-refractivity contribution is 0.218. The molecule has 0 unspecified atom stereocenters. The van der Waals surface area contributed by atoms with Gasteiger partial charge in [0.25, 0.3) is 0 Å². The predicted octanol–water partition coefficient (Wildman–Crippen LogP) is 2.02. The van der Waals surface area contributed by atoms with Gasteiger partial charge in [-0.1, -0.05) is 20.8 Å². The van der Waals surface area contributed by atoms with Gasteiger partial charge in [-0.25, -0.2) is 9.78 Å². The molecule has 84 valence electrons. The summed E-state index contributed by atoms with van der Waals surface area (Å²) in [6.45, 7) is 8.09. The maximum absolute atomic E-state index is 11.8. The first-order valence-electron chi connectivity index (χ1n) is 5.01. The summed E-state index contributed by atoms with van der Waals surface area (Å²) in [4.78, 5) is 17.7. The zero-order chi connectivity index (χ0) is 11.8. The zero-order valence-electron chi connectivity index (χ0n) is 10.3. The zero-order valence-corrected chi connectivity index (χ0v) is 10.3. The van der Waals surface area contributed by atoms with E-state index in [1.165, 1.54) is 0 Å². The van der Waals surface area contributed by atoms with Crippen LogP contribution in [0.5, 0.6) is 0 Å². The number of rotatable bonds is 0. The highest BCUT2D eigenvalue weighted by Gasteiger charge is 2.20. The summed E-state index contributed by atoms with van der Waals surface area (Å²) >= 11 is 0. The molecule has 0 radical (unpaired) electrons. The molecule has 0 aliphatic rings. The van der Waals surface area contributed by atoms with E-state index in [9.17, 15) is 4.79 Å². The quantitative estimate of drug-likeness (QED) is 0.655. The third kappa shape index (κ3) is 2.37. The van der Waals surface area contributed by atoms with E-state index in [4.69, 9.17) is 0 Å². The SMILES string of the molecule is Cc1nc(C(C)(C)C)cn1C(=O)N(C)C. The summed E-state index contributed by atoms with van der Waals surface area (Å²) in [6, 6.07) is -0.0597. The highest BCUT2D eigenvalue weighted by atomic mass is 16.2. The van der Waals surface area contributed by atoms with Gasteiger partial charge in [0.2, 0.25) is 0 Å². The number of carbonyl (C=O) groups excluding carboxylic acids is 1. The Morgan fingerprint density at radius 2 is 1.93 bits per heavy atom. The first-order valence-corrected chi connectivity index (χ1v) is 5.01. The molecular weight excluding hydrogens is 190 g/mol. The molecule has 1 aromatic heterocycles. The molecule has 1 heterocycles. The predicted molar refractivity (Wildman–Crippen MR) is 60.1 cm³/mol. The smallest absolute Gasteiger partial charge is 0.329 e. The molecule has 15 heavy (non-hydrogen) atoms. The highest BCUT2D eigenvalue weighted by Crippen LogP contribution is 2.21. The van der Waals surface area contributed by atoms with Gasteiger partial charge in [0, 0.05) is 25.7 Å². The van der Waals surface area contributed by atoms with E-state index in [0.29, 0.717) is 0 Å². The van der Waals surface area contributed by atoms with E-state index in [1.807, 2.05) is 13.1 Å². The number of imidazole rings is 1. The Labute approximate surface area is 90.9 Å². The van der Waals surface area contributed by atoms with Crippen molar-refractivity contribution in [1.29, 1.82) is 0 Å². The third-order valence-corrected chi connectivity index (χ3v) is 2.24. The lowest BCUT2D eigenvalue weighted by Gasteiger charge is -2.14. The van der Waals surface area contributed by atoms with Gasteiger partial charge in [0.05, 0.1) is 5.69 Å². The summed E-state index contributed by atoms with van der Waals surface area (Å²) in [5.74, 6) is 0.735. The van der Waals surface area contributed by atoms with E-state index in [2.05, 4.69) is 25.8 Å². The number of amides is 1. The molecule has 1 rings (SSSR count). The van der Waals surface area contributed by atoms with Crippen molar-refractivity contribution < 1.29 is 4.79 Å².